The van der Waals surface area contributed by atoms with Crippen LogP contribution in [0.3, 0.4) is 0 Å². The highest BCUT2D eigenvalue weighted by Crippen LogP contribution is 2.29. The van der Waals surface area contributed by atoms with Gasteiger partial charge in [-0.2, -0.15) is 4.31 Å². The summed E-state index contributed by atoms with van der Waals surface area (Å²) in [4.78, 5) is 19.2. The topological polar surface area (TPSA) is 88.6 Å². The minimum Gasteiger partial charge on any atom is -0.379 e. The maximum absolute atomic E-state index is 12.7. The number of thiophene rings is 1. The maximum atomic E-state index is 12.7. The van der Waals surface area contributed by atoms with E-state index in [0.717, 1.165) is 26.0 Å². The molecule has 0 spiro atoms. The third-order valence-corrected chi connectivity index (χ3v) is 8.96. The van der Waals surface area contributed by atoms with Gasteiger partial charge in [-0.1, -0.05) is 12.1 Å². The molecule has 7 nitrogen and oxygen atoms in total. The summed E-state index contributed by atoms with van der Waals surface area (Å²) in [7, 11) is -3.49. The first-order chi connectivity index (χ1) is 15.4. The van der Waals surface area contributed by atoms with E-state index in [1.807, 2.05) is 24.4 Å². The molecule has 2 aromatic heterocycles. The van der Waals surface area contributed by atoms with Gasteiger partial charge in [-0.15, -0.1) is 22.7 Å². The number of morpholine rings is 1. The lowest BCUT2D eigenvalue weighted by Crippen LogP contribution is -2.40. The smallest absolute Gasteiger partial charge is 0.243 e. The number of carbonyl (C=O) groups is 1. The van der Waals surface area contributed by atoms with Gasteiger partial charge in [0, 0.05) is 29.8 Å². The number of carbonyl (C=O) groups excluding carboxylic acids is 1. The first-order valence-electron chi connectivity index (χ1n) is 10.4. The van der Waals surface area contributed by atoms with E-state index in [0.29, 0.717) is 45.7 Å². The normalized spacial score (nSPS) is 15.0. The predicted molar refractivity (Wildman–Crippen MR) is 126 cm³/mol. The monoisotopic (exact) mass is 491 g/mol. The molecule has 0 radical (unpaired) electrons. The Morgan fingerprint density at radius 2 is 1.91 bits per heavy atom. The molecule has 1 aliphatic rings. The van der Waals surface area contributed by atoms with Crippen molar-refractivity contribution in [2.24, 2.45) is 0 Å². The van der Waals surface area contributed by atoms with E-state index >= 15 is 0 Å². The van der Waals surface area contributed by atoms with Crippen LogP contribution in [-0.2, 0) is 32.5 Å². The molecule has 1 fully saturated rings. The van der Waals surface area contributed by atoms with Crippen molar-refractivity contribution in [1.29, 1.82) is 0 Å². The van der Waals surface area contributed by atoms with Gasteiger partial charge in [-0.3, -0.25) is 4.79 Å². The van der Waals surface area contributed by atoms with Crippen LogP contribution in [0.25, 0.3) is 10.6 Å². The zero-order valence-corrected chi connectivity index (χ0v) is 20.2. The van der Waals surface area contributed by atoms with Crippen LogP contribution in [0.15, 0.2) is 46.7 Å². The standard InChI is InChI=1S/C22H25N3O4S3/c1-16-24-20(15-30-16)21-8-5-18(31-21)14-23-22(26)9-4-17-2-6-19(7-3-17)32(27,28)25-10-12-29-13-11-25/h2-3,5-8,15H,4,9-14H2,1H3,(H,23,26). The Morgan fingerprint density at radius 3 is 2.59 bits per heavy atom. The van der Waals surface area contributed by atoms with Gasteiger partial charge in [0.25, 0.3) is 0 Å². The van der Waals surface area contributed by atoms with Gasteiger partial charge in [0.2, 0.25) is 15.9 Å². The number of hydrogen-bond acceptors (Lipinski definition) is 7. The summed E-state index contributed by atoms with van der Waals surface area (Å²) in [6.45, 7) is 4.06. The van der Waals surface area contributed by atoms with Crippen LogP contribution in [0.1, 0.15) is 21.9 Å². The van der Waals surface area contributed by atoms with Crippen molar-refractivity contribution in [3.8, 4) is 10.6 Å². The summed E-state index contributed by atoms with van der Waals surface area (Å²) in [5, 5.41) is 6.04. The number of sulfonamides is 1. The number of ether oxygens (including phenoxy) is 1. The molecule has 3 heterocycles. The van der Waals surface area contributed by atoms with Crippen molar-refractivity contribution in [3.05, 3.63) is 57.2 Å². The average Bonchev–Trinajstić information content (AvgIpc) is 3.46. The van der Waals surface area contributed by atoms with Crippen molar-refractivity contribution in [2.75, 3.05) is 26.3 Å². The average molecular weight is 492 g/mol. The number of rotatable bonds is 8. The lowest BCUT2D eigenvalue weighted by Gasteiger charge is -2.26. The molecule has 32 heavy (non-hydrogen) atoms. The van der Waals surface area contributed by atoms with Crippen molar-refractivity contribution in [2.45, 2.75) is 31.2 Å². The number of thiazole rings is 1. The van der Waals surface area contributed by atoms with Gasteiger partial charge >= 0.3 is 0 Å². The van der Waals surface area contributed by atoms with E-state index in [9.17, 15) is 13.2 Å². The minimum absolute atomic E-state index is 0.0329. The molecule has 0 saturated carbocycles. The fourth-order valence-corrected chi connectivity index (χ4v) is 6.39. The summed E-state index contributed by atoms with van der Waals surface area (Å²) in [6.07, 6.45) is 0.899. The predicted octanol–water partition coefficient (Wildman–Crippen LogP) is 3.45. The van der Waals surface area contributed by atoms with E-state index in [4.69, 9.17) is 4.74 Å². The Morgan fingerprint density at radius 1 is 1.16 bits per heavy atom. The number of aryl methyl sites for hydroxylation is 2. The summed E-state index contributed by atoms with van der Waals surface area (Å²) in [6, 6.07) is 10.8. The third-order valence-electron chi connectivity index (χ3n) is 5.16. The molecular formula is C22H25N3O4S3. The second kappa shape index (κ2) is 10.2. The number of nitrogens with zero attached hydrogens (tertiary/aromatic N) is 2. The second-order valence-corrected chi connectivity index (χ2v) is 11.6. The van der Waals surface area contributed by atoms with Gasteiger partial charge in [-0.25, -0.2) is 13.4 Å². The van der Waals surface area contributed by atoms with E-state index in [-0.39, 0.29) is 10.8 Å². The first-order valence-corrected chi connectivity index (χ1v) is 13.5. The first kappa shape index (κ1) is 23.1. The number of amides is 1. The quantitative estimate of drug-likeness (QED) is 0.521. The van der Waals surface area contributed by atoms with Crippen molar-refractivity contribution in [1.82, 2.24) is 14.6 Å². The van der Waals surface area contributed by atoms with Crippen LogP contribution in [0.2, 0.25) is 0 Å². The minimum atomic E-state index is -3.49. The zero-order valence-electron chi connectivity index (χ0n) is 17.7. The molecule has 0 aliphatic carbocycles. The van der Waals surface area contributed by atoms with Crippen LogP contribution in [-0.4, -0.2) is 49.9 Å². The Hall–Kier alpha value is -2.11. The molecule has 0 atom stereocenters. The molecule has 1 N–H and O–H groups in total. The maximum Gasteiger partial charge on any atom is 0.243 e. The number of benzene rings is 1. The summed E-state index contributed by atoms with van der Waals surface area (Å²) in [5.41, 5.74) is 1.91. The highest BCUT2D eigenvalue weighted by Gasteiger charge is 2.26. The SMILES string of the molecule is Cc1nc(-c2ccc(CNC(=O)CCc3ccc(S(=O)(=O)N4CCOCC4)cc3)s2)cs1. The molecular weight excluding hydrogens is 466 g/mol. The van der Waals surface area contributed by atoms with E-state index in [1.54, 1.807) is 46.9 Å². The Balaban J connectivity index is 1.26. The molecule has 0 unspecified atom stereocenters. The van der Waals surface area contributed by atoms with E-state index in [1.165, 1.54) is 4.31 Å². The van der Waals surface area contributed by atoms with E-state index < -0.39 is 10.0 Å². The highest BCUT2D eigenvalue weighted by atomic mass is 32.2. The van der Waals surface area contributed by atoms with Crippen molar-refractivity contribution in [3.63, 3.8) is 0 Å². The lowest BCUT2D eigenvalue weighted by molar-refractivity contribution is -0.121. The molecule has 3 aromatic rings. The fourth-order valence-electron chi connectivity index (χ4n) is 3.38. The Kier molecular flexibility index (Phi) is 7.37. The molecule has 0 bridgehead atoms. The van der Waals surface area contributed by atoms with Crippen LogP contribution in [0, 0.1) is 6.92 Å². The van der Waals surface area contributed by atoms with Crippen molar-refractivity contribution < 1.29 is 17.9 Å². The summed E-state index contributed by atoms with van der Waals surface area (Å²) < 4.78 is 32.0. The van der Waals surface area contributed by atoms with Crippen LogP contribution in [0.5, 0.6) is 0 Å². The number of aromatic nitrogens is 1. The van der Waals surface area contributed by atoms with Crippen molar-refractivity contribution >= 4 is 38.6 Å². The highest BCUT2D eigenvalue weighted by molar-refractivity contribution is 7.89. The second-order valence-electron chi connectivity index (χ2n) is 7.45. The number of nitrogens with one attached hydrogen (secondary N) is 1. The Bertz CT molecular complexity index is 1160. The van der Waals surface area contributed by atoms with Crippen LogP contribution >= 0.6 is 22.7 Å². The molecule has 1 aromatic carbocycles. The fraction of sp³-hybridized carbons (Fsp3) is 0.364. The van der Waals surface area contributed by atoms with Gasteiger partial charge in [-0.05, 0) is 43.2 Å². The molecule has 10 heteroatoms. The summed E-state index contributed by atoms with van der Waals surface area (Å²) >= 11 is 3.26. The zero-order chi connectivity index (χ0) is 22.6. The Labute approximate surface area is 196 Å². The molecule has 170 valence electrons. The molecule has 4 rings (SSSR count). The molecule has 1 aliphatic heterocycles. The summed E-state index contributed by atoms with van der Waals surface area (Å²) in [5.74, 6) is -0.0329. The molecule has 1 amide bonds. The number of hydrogen-bond donors (Lipinski definition) is 1. The largest absolute Gasteiger partial charge is 0.379 e. The van der Waals surface area contributed by atoms with Gasteiger partial charge < -0.3 is 10.1 Å². The third kappa shape index (κ3) is 5.62. The van der Waals surface area contributed by atoms with Crippen LogP contribution < -0.4 is 5.32 Å². The van der Waals surface area contributed by atoms with E-state index in [2.05, 4.69) is 10.3 Å². The van der Waals surface area contributed by atoms with Gasteiger partial charge in [0.05, 0.1) is 40.2 Å². The lowest BCUT2D eigenvalue weighted by atomic mass is 10.1. The molecule has 1 saturated heterocycles. The van der Waals surface area contributed by atoms with Crippen LogP contribution in [0.4, 0.5) is 0 Å². The van der Waals surface area contributed by atoms with Gasteiger partial charge in [0.1, 0.15) is 0 Å². The van der Waals surface area contributed by atoms with Gasteiger partial charge in [0.15, 0.2) is 0 Å².